The summed E-state index contributed by atoms with van der Waals surface area (Å²) in [6.45, 7) is 5.62. The quantitative estimate of drug-likeness (QED) is 0.126. The van der Waals surface area contributed by atoms with Crippen LogP contribution in [0.5, 0.6) is 0 Å². The number of carbonyl (C=O) groups excluding carboxylic acids is 4. The number of nitrogens with zero attached hydrogens (tertiary/aromatic N) is 6. The number of nitrogens with two attached hydrogens (primary N) is 1. The van der Waals surface area contributed by atoms with Gasteiger partial charge in [-0.3, -0.25) is 9.59 Å². The Morgan fingerprint density at radius 3 is 2.36 bits per heavy atom. The molecule has 3 heterocycles. The number of nitrogens with one attached hydrogen (secondary N) is 2. The number of hydrogen-bond acceptors (Lipinski definition) is 10. The highest BCUT2D eigenvalue weighted by Gasteiger charge is 2.41. The Hall–Kier alpha value is -6.59. The van der Waals surface area contributed by atoms with Crippen molar-refractivity contribution in [1.29, 1.82) is 0 Å². The monoisotopic (exact) mass is 815 g/mol. The number of piperazine rings is 1. The van der Waals surface area contributed by atoms with Crippen LogP contribution in [-0.4, -0.2) is 110 Å². The predicted molar refractivity (Wildman–Crippen MR) is 210 cm³/mol. The van der Waals surface area contributed by atoms with Crippen molar-refractivity contribution >= 4 is 35.5 Å². The van der Waals surface area contributed by atoms with Crippen molar-refractivity contribution in [2.45, 2.75) is 57.7 Å². The number of rotatable bonds is 15. The molecule has 1 aliphatic carbocycles. The molecule has 1 fully saturated rings. The number of amides is 4. The lowest BCUT2D eigenvalue weighted by molar-refractivity contribution is -0.136. The van der Waals surface area contributed by atoms with E-state index in [0.717, 1.165) is 5.56 Å². The smallest absolute Gasteiger partial charge is 0.410 e. The van der Waals surface area contributed by atoms with Crippen molar-refractivity contribution in [2.75, 3.05) is 44.6 Å². The fourth-order valence-electron chi connectivity index (χ4n) is 7.35. The maximum Gasteiger partial charge on any atom is 0.410 e. The Kier molecular flexibility index (Phi) is 13.4. The Morgan fingerprint density at radius 1 is 1.00 bits per heavy atom. The van der Waals surface area contributed by atoms with Crippen LogP contribution in [0.25, 0.3) is 0 Å². The molecule has 18 heteroatoms. The molecule has 3 aliphatic rings. The summed E-state index contributed by atoms with van der Waals surface area (Å²) < 4.78 is 35.8. The molecule has 0 saturated carbocycles. The Balaban J connectivity index is 1.01. The number of halogens is 2. The van der Waals surface area contributed by atoms with E-state index >= 15 is 4.39 Å². The number of carbonyl (C=O) groups is 5. The highest BCUT2D eigenvalue weighted by molar-refractivity contribution is 6.18. The van der Waals surface area contributed by atoms with Crippen LogP contribution in [0.2, 0.25) is 0 Å². The first-order valence-corrected chi connectivity index (χ1v) is 19.4. The van der Waals surface area contributed by atoms with E-state index in [1.807, 2.05) is 13.8 Å². The highest BCUT2D eigenvalue weighted by Crippen LogP contribution is 2.35. The van der Waals surface area contributed by atoms with Gasteiger partial charge in [-0.1, -0.05) is 36.4 Å². The summed E-state index contributed by atoms with van der Waals surface area (Å²) in [6, 6.07) is 11.1. The molecule has 0 bridgehead atoms. The van der Waals surface area contributed by atoms with Crippen LogP contribution in [-0.2, 0) is 32.1 Å². The van der Waals surface area contributed by atoms with E-state index in [4.69, 9.17) is 10.5 Å². The van der Waals surface area contributed by atoms with Crippen molar-refractivity contribution < 1.29 is 42.6 Å². The number of ether oxygens (including phenoxy) is 1. The first kappa shape index (κ1) is 42.0. The molecule has 4 amide bonds. The van der Waals surface area contributed by atoms with Gasteiger partial charge in [0.05, 0.1) is 23.4 Å². The zero-order valence-electron chi connectivity index (χ0n) is 32.7. The molecule has 0 spiro atoms. The largest absolute Gasteiger partial charge is 0.478 e. The number of benzene rings is 2. The van der Waals surface area contributed by atoms with Crippen molar-refractivity contribution in [3.05, 3.63) is 113 Å². The minimum absolute atomic E-state index is 0.0289. The van der Waals surface area contributed by atoms with Crippen LogP contribution in [0, 0.1) is 11.7 Å². The molecule has 4 atom stereocenters. The number of likely N-dealkylation sites (N-methyl/N-ethyl adjacent to an activating group) is 1. The number of carboxylic acid groups (broad SMARTS) is 1. The van der Waals surface area contributed by atoms with Gasteiger partial charge in [0.1, 0.15) is 29.9 Å². The van der Waals surface area contributed by atoms with Crippen molar-refractivity contribution in [3.63, 3.8) is 0 Å². The molecular weight excluding hydrogens is 769 g/mol. The first-order chi connectivity index (χ1) is 28.3. The fourth-order valence-corrected chi connectivity index (χ4v) is 7.35. The first-order valence-electron chi connectivity index (χ1n) is 19.4. The molecule has 2 unspecified atom stereocenters. The second-order valence-corrected chi connectivity index (χ2v) is 14.6. The minimum atomic E-state index is -1.35. The second-order valence-electron chi connectivity index (χ2n) is 14.6. The summed E-state index contributed by atoms with van der Waals surface area (Å²) in [5.74, 6) is -4.27. The lowest BCUT2D eigenvalue weighted by atomic mass is 9.82. The molecule has 6 rings (SSSR count). The lowest BCUT2D eigenvalue weighted by Crippen LogP contribution is -2.50. The van der Waals surface area contributed by atoms with Gasteiger partial charge < -0.3 is 40.9 Å². The van der Waals surface area contributed by atoms with Gasteiger partial charge in [-0.25, -0.2) is 27.8 Å². The van der Waals surface area contributed by atoms with Crippen LogP contribution >= 0.6 is 0 Å². The third-order valence-electron chi connectivity index (χ3n) is 10.6. The standard InChI is InChI=1S/C41H47F2N9O7/c1-3-49-22-31(39(55)56)37(53)30-20-32(43)36(21-35(30)49)50-15-17-51(18-16-50)41(58)59-24-27-8-12-29(13-9-27)46-38(54)34(5-4-14-45-40(44)57)52-23-33(47-48-52)25(2)19-26-6-10-28(42)11-7-26/h6-13,20-23,25,30,34-35H,3-5,14-19,24H2,1-2H3,(H,46,54)(H,55,56)(H3,44,45,57)/t25-,30?,34-,35?/m0/s1. The van der Waals surface area contributed by atoms with Crippen molar-refractivity contribution in [2.24, 2.45) is 11.7 Å². The second kappa shape index (κ2) is 18.8. The number of aromatic nitrogens is 3. The summed E-state index contributed by atoms with van der Waals surface area (Å²) in [5.41, 5.74) is 7.90. The van der Waals surface area contributed by atoms with E-state index in [1.54, 1.807) is 58.5 Å². The van der Waals surface area contributed by atoms with Gasteiger partial charge >= 0.3 is 18.1 Å². The molecule has 2 aromatic carbocycles. The maximum absolute atomic E-state index is 15.4. The molecule has 59 heavy (non-hydrogen) atoms. The summed E-state index contributed by atoms with van der Waals surface area (Å²) in [6.07, 6.45) is 6.69. The molecule has 312 valence electrons. The Labute approximate surface area is 339 Å². The lowest BCUT2D eigenvalue weighted by Gasteiger charge is -2.42. The summed E-state index contributed by atoms with van der Waals surface area (Å²) in [7, 11) is 0. The zero-order chi connectivity index (χ0) is 42.2. The number of urea groups is 1. The number of fused-ring (bicyclic) bond motifs is 1. The molecule has 16 nitrogen and oxygen atoms in total. The number of hydrogen-bond donors (Lipinski definition) is 4. The average Bonchev–Trinajstić information content (AvgIpc) is 3.71. The van der Waals surface area contributed by atoms with E-state index in [2.05, 4.69) is 20.9 Å². The molecule has 1 aromatic heterocycles. The molecule has 2 aliphatic heterocycles. The van der Waals surface area contributed by atoms with Crippen LogP contribution < -0.4 is 16.4 Å². The average molecular weight is 816 g/mol. The van der Waals surface area contributed by atoms with Gasteiger partial charge in [0.25, 0.3) is 0 Å². The van der Waals surface area contributed by atoms with Crippen LogP contribution in [0.4, 0.5) is 24.1 Å². The van der Waals surface area contributed by atoms with E-state index in [9.17, 15) is 33.5 Å². The van der Waals surface area contributed by atoms with Gasteiger partial charge in [-0.2, -0.15) is 0 Å². The summed E-state index contributed by atoms with van der Waals surface area (Å²) in [5, 5.41) is 23.4. The van der Waals surface area contributed by atoms with Gasteiger partial charge in [0.2, 0.25) is 5.91 Å². The van der Waals surface area contributed by atoms with Crippen LogP contribution in [0.15, 0.2) is 90.2 Å². The topological polar surface area (TPSA) is 205 Å². The van der Waals surface area contributed by atoms with Crippen molar-refractivity contribution in [1.82, 2.24) is 35.0 Å². The number of primary amides is 1. The third-order valence-corrected chi connectivity index (χ3v) is 10.6. The van der Waals surface area contributed by atoms with Gasteiger partial charge in [-0.15, -0.1) is 5.10 Å². The molecule has 5 N–H and O–H groups in total. The van der Waals surface area contributed by atoms with Gasteiger partial charge in [0, 0.05) is 63.3 Å². The van der Waals surface area contributed by atoms with Gasteiger partial charge in [-0.05, 0) is 73.7 Å². The number of aliphatic carboxylic acids is 1. The Bertz CT molecular complexity index is 2130. The normalized spacial score (nSPS) is 18.8. The van der Waals surface area contributed by atoms with Crippen molar-refractivity contribution in [3.8, 4) is 0 Å². The van der Waals surface area contributed by atoms with E-state index in [-0.39, 0.29) is 49.5 Å². The number of anilines is 1. The summed E-state index contributed by atoms with van der Waals surface area (Å²) >= 11 is 0. The zero-order valence-corrected chi connectivity index (χ0v) is 32.7. The van der Waals surface area contributed by atoms with E-state index < -0.39 is 47.7 Å². The summed E-state index contributed by atoms with van der Waals surface area (Å²) in [4.78, 5) is 67.2. The number of allylic oxidation sites excluding steroid dienone is 1. The predicted octanol–water partition coefficient (Wildman–Crippen LogP) is 4.25. The fraction of sp³-hybridized carbons (Fsp3) is 0.390. The number of Topliss-reactive ketones (excluding diaryl/α,β-unsaturated/α-hetero) is 1. The third kappa shape index (κ3) is 10.3. The molecular formula is C41H47F2N9O7. The Morgan fingerprint density at radius 2 is 1.69 bits per heavy atom. The molecule has 0 radical (unpaired) electrons. The van der Waals surface area contributed by atoms with Crippen LogP contribution in [0.3, 0.4) is 0 Å². The minimum Gasteiger partial charge on any atom is -0.478 e. The molecule has 1 saturated heterocycles. The van der Waals surface area contributed by atoms with Crippen LogP contribution in [0.1, 0.15) is 55.5 Å². The van der Waals surface area contributed by atoms with Gasteiger partial charge in [0.15, 0.2) is 5.78 Å². The SMILES string of the molecule is CCN1C=C(C(=O)O)C(=O)C2C=C(F)C(N3CCN(C(=O)OCc4ccc(NC(=O)[C@H](CCCNC(N)=O)n5cc([C@@H](C)Cc6ccc(F)cc6)nn5)cc4)CC3)=CC21. The highest BCUT2D eigenvalue weighted by atomic mass is 19.1. The van der Waals surface area contributed by atoms with E-state index in [0.29, 0.717) is 61.5 Å². The number of ketones is 1. The maximum atomic E-state index is 15.4. The molecule has 3 aromatic rings. The number of carboxylic acids is 1. The van der Waals surface area contributed by atoms with E-state index in [1.165, 1.54) is 34.0 Å².